The van der Waals surface area contributed by atoms with Crippen LogP contribution in [0.15, 0.2) is 36.4 Å². The molecular formula is C23H28N4O2. The highest BCUT2D eigenvalue weighted by atomic mass is 16.5. The van der Waals surface area contributed by atoms with Crippen molar-refractivity contribution in [2.45, 2.75) is 38.5 Å². The Morgan fingerprint density at radius 2 is 2.03 bits per heavy atom. The molecule has 3 aromatic rings. The summed E-state index contributed by atoms with van der Waals surface area (Å²) in [6.07, 6.45) is 4.00. The highest BCUT2D eigenvalue weighted by molar-refractivity contribution is 6.06. The van der Waals surface area contributed by atoms with E-state index in [4.69, 9.17) is 9.72 Å². The number of carbonyl (C=O) groups is 1. The Balaban J connectivity index is 1.30. The Bertz CT molecular complexity index is 993. The Labute approximate surface area is 171 Å². The van der Waals surface area contributed by atoms with E-state index in [0.29, 0.717) is 31.2 Å². The number of fused-ring (bicyclic) bond motifs is 1. The molecule has 0 unspecified atom stereocenters. The summed E-state index contributed by atoms with van der Waals surface area (Å²) in [7, 11) is 1.88. The van der Waals surface area contributed by atoms with Crippen LogP contribution in [0.2, 0.25) is 0 Å². The van der Waals surface area contributed by atoms with E-state index in [1.807, 2.05) is 38.2 Å². The number of ether oxygens (including phenoxy) is 1. The molecule has 2 heterocycles. The average molecular weight is 393 g/mol. The van der Waals surface area contributed by atoms with Gasteiger partial charge >= 0.3 is 0 Å². The SMILES string of the molecule is Cc1nn(C)c2nc(C3CC3)cc(C(=O)NCCCOCCc3ccccc3)c12. The van der Waals surface area contributed by atoms with E-state index in [0.717, 1.165) is 48.1 Å². The van der Waals surface area contributed by atoms with E-state index in [9.17, 15) is 4.79 Å². The lowest BCUT2D eigenvalue weighted by atomic mass is 10.1. The molecule has 0 saturated heterocycles. The molecule has 152 valence electrons. The molecule has 4 rings (SSSR count). The third kappa shape index (κ3) is 4.65. The predicted octanol–water partition coefficient (Wildman–Crippen LogP) is 3.53. The number of aryl methyl sites for hydroxylation is 2. The summed E-state index contributed by atoms with van der Waals surface area (Å²) in [6.45, 7) is 3.85. The molecule has 1 aromatic carbocycles. The van der Waals surface area contributed by atoms with Gasteiger partial charge in [-0.1, -0.05) is 30.3 Å². The monoisotopic (exact) mass is 392 g/mol. The van der Waals surface area contributed by atoms with Crippen molar-refractivity contribution in [1.29, 1.82) is 0 Å². The molecule has 1 saturated carbocycles. The quantitative estimate of drug-likeness (QED) is 0.566. The lowest BCUT2D eigenvalue weighted by molar-refractivity contribution is 0.0943. The fraction of sp³-hybridized carbons (Fsp3) is 0.435. The Morgan fingerprint density at radius 1 is 1.24 bits per heavy atom. The van der Waals surface area contributed by atoms with Crippen molar-refractivity contribution in [2.24, 2.45) is 7.05 Å². The molecule has 1 aliphatic carbocycles. The summed E-state index contributed by atoms with van der Waals surface area (Å²) in [6, 6.07) is 12.3. The number of hydrogen-bond acceptors (Lipinski definition) is 4. The number of carbonyl (C=O) groups excluding carboxylic acids is 1. The van der Waals surface area contributed by atoms with Crippen molar-refractivity contribution < 1.29 is 9.53 Å². The van der Waals surface area contributed by atoms with Gasteiger partial charge in [0.2, 0.25) is 0 Å². The van der Waals surface area contributed by atoms with Gasteiger partial charge in [0, 0.05) is 31.8 Å². The maximum absolute atomic E-state index is 12.9. The van der Waals surface area contributed by atoms with E-state index >= 15 is 0 Å². The third-order valence-corrected chi connectivity index (χ3v) is 5.36. The van der Waals surface area contributed by atoms with E-state index in [2.05, 4.69) is 22.5 Å². The van der Waals surface area contributed by atoms with Crippen LogP contribution in [0.3, 0.4) is 0 Å². The highest BCUT2D eigenvalue weighted by Crippen LogP contribution is 2.40. The normalized spacial score (nSPS) is 13.7. The molecule has 1 aliphatic rings. The standard InChI is InChI=1S/C23H28N4O2/c1-16-21-19(15-20(18-9-10-18)25-22(21)27(2)26-16)23(28)24-12-6-13-29-14-11-17-7-4-3-5-8-17/h3-5,7-8,15,18H,6,9-14H2,1-2H3,(H,24,28). The van der Waals surface area contributed by atoms with Gasteiger partial charge in [-0.15, -0.1) is 0 Å². The number of nitrogens with zero attached hydrogens (tertiary/aromatic N) is 3. The van der Waals surface area contributed by atoms with Crippen LogP contribution in [0.1, 0.15) is 52.5 Å². The fourth-order valence-corrected chi connectivity index (χ4v) is 3.64. The van der Waals surface area contributed by atoms with Crippen molar-refractivity contribution in [2.75, 3.05) is 19.8 Å². The zero-order chi connectivity index (χ0) is 20.2. The summed E-state index contributed by atoms with van der Waals surface area (Å²) in [5.41, 5.74) is 4.61. The summed E-state index contributed by atoms with van der Waals surface area (Å²) < 4.78 is 7.47. The Kier molecular flexibility index (Phi) is 5.90. The van der Waals surface area contributed by atoms with Crippen LogP contribution < -0.4 is 5.32 Å². The number of hydrogen-bond donors (Lipinski definition) is 1. The first-order chi connectivity index (χ1) is 14.1. The molecule has 29 heavy (non-hydrogen) atoms. The second-order valence-electron chi connectivity index (χ2n) is 7.73. The van der Waals surface area contributed by atoms with Gasteiger partial charge < -0.3 is 10.1 Å². The Morgan fingerprint density at radius 3 is 2.79 bits per heavy atom. The molecule has 6 nitrogen and oxygen atoms in total. The topological polar surface area (TPSA) is 69.0 Å². The molecule has 1 fully saturated rings. The summed E-state index contributed by atoms with van der Waals surface area (Å²) >= 11 is 0. The smallest absolute Gasteiger partial charge is 0.252 e. The molecule has 0 bridgehead atoms. The molecule has 0 aliphatic heterocycles. The van der Waals surface area contributed by atoms with Gasteiger partial charge in [0.1, 0.15) is 0 Å². The van der Waals surface area contributed by atoms with Gasteiger partial charge in [0.05, 0.1) is 23.3 Å². The first kappa shape index (κ1) is 19.6. The number of nitrogens with one attached hydrogen (secondary N) is 1. The van der Waals surface area contributed by atoms with E-state index in [1.54, 1.807) is 4.68 Å². The molecule has 0 radical (unpaired) electrons. The second kappa shape index (κ2) is 8.74. The molecule has 1 N–H and O–H groups in total. The number of rotatable bonds is 9. The average Bonchev–Trinajstić information content (AvgIpc) is 3.54. The van der Waals surface area contributed by atoms with Gasteiger partial charge in [-0.05, 0) is 44.2 Å². The minimum atomic E-state index is -0.0558. The number of aromatic nitrogens is 3. The van der Waals surface area contributed by atoms with E-state index < -0.39 is 0 Å². The van der Waals surface area contributed by atoms with E-state index in [1.165, 1.54) is 5.56 Å². The van der Waals surface area contributed by atoms with Gasteiger partial charge in [0.15, 0.2) is 5.65 Å². The van der Waals surface area contributed by atoms with Crippen LogP contribution in [0.4, 0.5) is 0 Å². The highest BCUT2D eigenvalue weighted by Gasteiger charge is 2.28. The van der Waals surface area contributed by atoms with E-state index in [-0.39, 0.29) is 5.91 Å². The van der Waals surface area contributed by atoms with Gasteiger partial charge in [-0.25, -0.2) is 4.98 Å². The maximum Gasteiger partial charge on any atom is 0.252 e. The zero-order valence-electron chi connectivity index (χ0n) is 17.1. The maximum atomic E-state index is 12.9. The van der Waals surface area contributed by atoms with Crippen molar-refractivity contribution >= 4 is 16.9 Å². The molecule has 1 amide bonds. The van der Waals surface area contributed by atoms with Gasteiger partial charge in [0.25, 0.3) is 5.91 Å². The minimum Gasteiger partial charge on any atom is -0.381 e. The van der Waals surface area contributed by atoms with Crippen molar-refractivity contribution in [3.8, 4) is 0 Å². The zero-order valence-corrected chi connectivity index (χ0v) is 17.1. The fourth-order valence-electron chi connectivity index (χ4n) is 3.64. The van der Waals surface area contributed by atoms with Crippen molar-refractivity contribution in [3.63, 3.8) is 0 Å². The number of benzene rings is 1. The predicted molar refractivity (Wildman–Crippen MR) is 113 cm³/mol. The first-order valence-electron chi connectivity index (χ1n) is 10.4. The van der Waals surface area contributed by atoms with Crippen LogP contribution >= 0.6 is 0 Å². The molecule has 2 aromatic heterocycles. The third-order valence-electron chi connectivity index (χ3n) is 5.36. The Hall–Kier alpha value is -2.73. The molecule has 0 spiro atoms. The summed E-state index contributed by atoms with van der Waals surface area (Å²) in [5.74, 6) is 0.429. The van der Waals surface area contributed by atoms with Crippen LogP contribution in [0, 0.1) is 6.92 Å². The number of amides is 1. The van der Waals surface area contributed by atoms with Crippen LogP contribution in [0.25, 0.3) is 11.0 Å². The second-order valence-corrected chi connectivity index (χ2v) is 7.73. The van der Waals surface area contributed by atoms with Crippen LogP contribution in [-0.2, 0) is 18.2 Å². The summed E-state index contributed by atoms with van der Waals surface area (Å²) in [5, 5.41) is 8.36. The molecular weight excluding hydrogens is 364 g/mol. The lowest BCUT2D eigenvalue weighted by Crippen LogP contribution is -2.26. The number of pyridine rings is 1. The first-order valence-corrected chi connectivity index (χ1v) is 10.4. The van der Waals surface area contributed by atoms with Gasteiger partial charge in [-0.3, -0.25) is 9.48 Å². The minimum absolute atomic E-state index is 0.0558. The molecule has 0 atom stereocenters. The van der Waals surface area contributed by atoms with Gasteiger partial charge in [-0.2, -0.15) is 5.10 Å². The summed E-state index contributed by atoms with van der Waals surface area (Å²) in [4.78, 5) is 17.6. The molecule has 6 heteroatoms. The lowest BCUT2D eigenvalue weighted by Gasteiger charge is -2.09. The van der Waals surface area contributed by atoms with Crippen molar-refractivity contribution in [3.05, 3.63) is 58.9 Å². The largest absolute Gasteiger partial charge is 0.381 e. The van der Waals surface area contributed by atoms with Crippen LogP contribution in [-0.4, -0.2) is 40.4 Å². The van der Waals surface area contributed by atoms with Crippen molar-refractivity contribution in [1.82, 2.24) is 20.1 Å². The van der Waals surface area contributed by atoms with Crippen LogP contribution in [0.5, 0.6) is 0 Å².